The van der Waals surface area contributed by atoms with E-state index in [9.17, 15) is 26.8 Å². The Balaban J connectivity index is 2.00. The second-order valence-electron chi connectivity index (χ2n) is 8.73. The van der Waals surface area contributed by atoms with E-state index in [1.807, 2.05) is 5.38 Å². The highest BCUT2D eigenvalue weighted by atomic mass is 32.2. The summed E-state index contributed by atoms with van der Waals surface area (Å²) >= 11 is 1.37. The molecule has 1 saturated heterocycles. The maximum Gasteiger partial charge on any atom is 0.289 e. The van der Waals surface area contributed by atoms with E-state index in [-0.39, 0.29) is 49.4 Å². The molecule has 1 fully saturated rings. The van der Waals surface area contributed by atoms with Crippen LogP contribution >= 0.6 is 11.3 Å². The summed E-state index contributed by atoms with van der Waals surface area (Å²) in [6.45, 7) is 1.92. The molecule has 0 aliphatic carbocycles. The monoisotopic (exact) mass is 582 g/mol. The number of thiophene rings is 1. The van der Waals surface area contributed by atoms with Crippen molar-refractivity contribution in [2.24, 2.45) is 10.8 Å². The summed E-state index contributed by atoms with van der Waals surface area (Å²) in [5.41, 5.74) is 2.44. The highest BCUT2D eigenvalue weighted by molar-refractivity contribution is 7.89. The first-order valence-corrected chi connectivity index (χ1v) is 14.8. The number of amides is 2. The number of sulfonamides is 1. The van der Waals surface area contributed by atoms with E-state index in [2.05, 4.69) is 20.5 Å². The van der Waals surface area contributed by atoms with Crippen LogP contribution in [0.15, 0.2) is 57.4 Å². The third kappa shape index (κ3) is 7.91. The van der Waals surface area contributed by atoms with E-state index in [1.54, 1.807) is 31.2 Å². The Morgan fingerprint density at radius 2 is 2.03 bits per heavy atom. The Labute approximate surface area is 230 Å². The summed E-state index contributed by atoms with van der Waals surface area (Å²) in [4.78, 5) is 31.3. The van der Waals surface area contributed by atoms with Crippen molar-refractivity contribution in [3.8, 4) is 10.4 Å². The number of aliphatic imine (C=N–C) groups is 1. The van der Waals surface area contributed by atoms with Gasteiger partial charge in [0.25, 0.3) is 6.08 Å². The second-order valence-corrected chi connectivity index (χ2v) is 11.4. The number of carbonyl (C=O) groups excluding carboxylic acids is 2. The van der Waals surface area contributed by atoms with Gasteiger partial charge < -0.3 is 15.6 Å². The van der Waals surface area contributed by atoms with Crippen molar-refractivity contribution < 1.29 is 26.8 Å². The number of nitrogens with zero attached hydrogens (tertiary/aromatic N) is 2. The third-order valence-corrected chi connectivity index (χ3v) is 8.50. The molecule has 0 spiro atoms. The minimum atomic E-state index is -4.41. The molecular formula is C25H32F2N6O4S2. The molecule has 1 aliphatic rings. The second kappa shape index (κ2) is 14.3. The van der Waals surface area contributed by atoms with Crippen molar-refractivity contribution in [3.05, 3.63) is 47.5 Å². The van der Waals surface area contributed by atoms with E-state index in [0.717, 1.165) is 9.78 Å². The molecule has 2 heterocycles. The number of hydrogen-bond acceptors (Lipinski definition) is 7. The maximum absolute atomic E-state index is 13.7. The van der Waals surface area contributed by atoms with Crippen molar-refractivity contribution >= 4 is 45.2 Å². The number of hydrogen-bond donors (Lipinski definition) is 4. The van der Waals surface area contributed by atoms with Gasteiger partial charge in [-0.15, -0.1) is 11.3 Å². The van der Waals surface area contributed by atoms with Crippen LogP contribution in [0.1, 0.15) is 45.4 Å². The number of para-hydroxylation sites is 1. The summed E-state index contributed by atoms with van der Waals surface area (Å²) in [7, 11) is -4.41. The van der Waals surface area contributed by atoms with Gasteiger partial charge in [0.15, 0.2) is 0 Å². The zero-order valence-corrected chi connectivity index (χ0v) is 23.1. The summed E-state index contributed by atoms with van der Waals surface area (Å²) in [6.07, 6.45) is 0.726. The number of piperidine rings is 1. The van der Waals surface area contributed by atoms with E-state index >= 15 is 0 Å². The number of likely N-dealkylation sites (tertiary alicyclic amines) is 1. The van der Waals surface area contributed by atoms with E-state index < -0.39 is 39.7 Å². The van der Waals surface area contributed by atoms with Crippen molar-refractivity contribution in [2.75, 3.05) is 18.4 Å². The van der Waals surface area contributed by atoms with E-state index in [0.29, 0.717) is 18.4 Å². The summed E-state index contributed by atoms with van der Waals surface area (Å²) < 4.78 is 57.2. The van der Waals surface area contributed by atoms with Crippen LogP contribution in [-0.4, -0.2) is 50.6 Å². The number of benzene rings is 1. The predicted octanol–water partition coefficient (Wildman–Crippen LogP) is 3.80. The number of anilines is 1. The van der Waals surface area contributed by atoms with E-state index in [1.165, 1.54) is 23.7 Å². The summed E-state index contributed by atoms with van der Waals surface area (Å²) in [5.74, 6) is 4.00. The first-order valence-electron chi connectivity index (χ1n) is 12.5. The largest absolute Gasteiger partial charge is 0.324 e. The smallest absolute Gasteiger partial charge is 0.289 e. The lowest BCUT2D eigenvalue weighted by atomic mass is 10.0. The van der Waals surface area contributed by atoms with Crippen LogP contribution in [0.3, 0.4) is 0 Å². The number of carbonyl (C=O) groups is 2. The standard InChI is InChI=1S/C25H32F2N6O4S2/c1-2-22(34)31-23-17(20-11-7-15-38-20)8-5-12-21(23)39(36,37)32-18(9-6-13-29-16-30-28)25(35)33-14-4-3-10-19(33)24(26)27/h5,7-8,11-12,15-16,18,32H,2-4,6,9-10,13-14,28H2,1H3,(H,29,30)(H,31,34). The van der Waals surface area contributed by atoms with Crippen LogP contribution in [0.5, 0.6) is 0 Å². The van der Waals surface area contributed by atoms with Gasteiger partial charge in [-0.05, 0) is 49.6 Å². The highest BCUT2D eigenvalue weighted by Gasteiger charge is 2.34. The number of halogens is 2. The van der Waals surface area contributed by atoms with Crippen LogP contribution in [0, 0.1) is 0 Å². The van der Waals surface area contributed by atoms with Gasteiger partial charge in [0.2, 0.25) is 21.8 Å². The summed E-state index contributed by atoms with van der Waals surface area (Å²) in [5, 5.41) is 4.51. The van der Waals surface area contributed by atoms with Crippen LogP contribution in [0.2, 0.25) is 0 Å². The fourth-order valence-electron chi connectivity index (χ4n) is 4.20. The first-order chi connectivity index (χ1) is 18.7. The molecule has 2 amide bonds. The molecular weight excluding hydrogens is 550 g/mol. The highest BCUT2D eigenvalue weighted by Crippen LogP contribution is 2.36. The Morgan fingerprint density at radius 3 is 2.69 bits per heavy atom. The van der Waals surface area contributed by atoms with Gasteiger partial charge in [-0.25, -0.2) is 14.3 Å². The Kier molecular flexibility index (Phi) is 11.1. The molecule has 10 nitrogen and oxygen atoms in total. The lowest BCUT2D eigenvalue weighted by Gasteiger charge is -2.32. The zero-order valence-electron chi connectivity index (χ0n) is 21.5. The molecule has 1 aliphatic heterocycles. The van der Waals surface area contributed by atoms with Gasteiger partial charge >= 0.3 is 0 Å². The normalized spacial score (nSPS) is 14.9. The van der Waals surface area contributed by atoms with Crippen molar-refractivity contribution in [1.29, 1.82) is 0 Å². The molecule has 1 unspecified atom stereocenters. The van der Waals surface area contributed by atoms with Crippen LogP contribution in [0.25, 0.3) is 10.4 Å². The SMILES string of the molecule is CCC(=O)Nc1c(-c2cccs2)cccc1S(=O)(=O)NC(CCCN=CNN)C(=O)N1CCCCC1=C(F)F. The fraction of sp³-hybridized carbons (Fsp3) is 0.400. The predicted molar refractivity (Wildman–Crippen MR) is 148 cm³/mol. The number of nitrogens with two attached hydrogens (primary N) is 1. The third-order valence-electron chi connectivity index (χ3n) is 6.08. The molecule has 39 heavy (non-hydrogen) atoms. The quantitative estimate of drug-likeness (QED) is 0.0985. The van der Waals surface area contributed by atoms with Gasteiger partial charge in [0.05, 0.1) is 17.7 Å². The number of nitrogens with one attached hydrogen (secondary N) is 3. The van der Waals surface area contributed by atoms with Gasteiger partial charge in [-0.1, -0.05) is 25.1 Å². The fourth-order valence-corrected chi connectivity index (χ4v) is 6.36. The lowest BCUT2D eigenvalue weighted by molar-refractivity contribution is -0.132. The molecule has 1 atom stereocenters. The zero-order chi connectivity index (χ0) is 28.4. The van der Waals surface area contributed by atoms with Crippen molar-refractivity contribution in [1.82, 2.24) is 15.0 Å². The Hall–Kier alpha value is -3.20. The minimum absolute atomic E-state index is 0.00106. The number of allylic oxidation sites excluding steroid dienone is 1. The van der Waals surface area contributed by atoms with Gasteiger partial charge in [0.1, 0.15) is 10.9 Å². The first kappa shape index (κ1) is 30.3. The van der Waals surface area contributed by atoms with Crippen LogP contribution in [0.4, 0.5) is 14.5 Å². The van der Waals surface area contributed by atoms with Crippen molar-refractivity contribution in [2.45, 2.75) is 56.4 Å². The van der Waals surface area contributed by atoms with Gasteiger partial charge in [-0.3, -0.25) is 14.6 Å². The molecule has 14 heteroatoms. The Morgan fingerprint density at radius 1 is 1.23 bits per heavy atom. The molecule has 2 aromatic rings. The molecule has 0 bridgehead atoms. The Bertz CT molecular complexity index is 1310. The van der Waals surface area contributed by atoms with Crippen molar-refractivity contribution in [3.63, 3.8) is 0 Å². The van der Waals surface area contributed by atoms with Crippen LogP contribution < -0.4 is 21.3 Å². The minimum Gasteiger partial charge on any atom is -0.324 e. The van der Waals surface area contributed by atoms with Gasteiger partial charge in [-0.2, -0.15) is 13.5 Å². The molecule has 3 rings (SSSR count). The topological polar surface area (TPSA) is 146 Å². The number of hydrazine groups is 1. The molecule has 1 aromatic heterocycles. The molecule has 1 aromatic carbocycles. The molecule has 0 saturated carbocycles. The van der Waals surface area contributed by atoms with E-state index in [4.69, 9.17) is 5.84 Å². The average Bonchev–Trinajstić information content (AvgIpc) is 3.46. The molecule has 212 valence electrons. The maximum atomic E-state index is 13.7. The molecule has 0 radical (unpaired) electrons. The van der Waals surface area contributed by atoms with Gasteiger partial charge in [0, 0.05) is 30.0 Å². The molecule has 5 N–H and O–H groups in total. The average molecular weight is 583 g/mol. The number of rotatable bonds is 12. The van der Waals surface area contributed by atoms with Crippen LogP contribution in [-0.2, 0) is 19.6 Å². The lowest BCUT2D eigenvalue weighted by Crippen LogP contribution is -2.49. The summed E-state index contributed by atoms with van der Waals surface area (Å²) in [6, 6.07) is 6.82.